The molecular formula is C43H65N7O7. The number of nitrogens with two attached hydrogens (primary N) is 1. The van der Waals surface area contributed by atoms with Crippen molar-refractivity contribution in [2.75, 3.05) is 13.1 Å². The lowest BCUT2D eigenvalue weighted by Gasteiger charge is -2.28. The van der Waals surface area contributed by atoms with Crippen LogP contribution in [0.1, 0.15) is 97.1 Å². The largest absolute Gasteiger partial charge is 0.391 e. The summed E-state index contributed by atoms with van der Waals surface area (Å²) in [7, 11) is 0. The predicted molar refractivity (Wildman–Crippen MR) is 219 cm³/mol. The quantitative estimate of drug-likeness (QED) is 0.0828. The maximum absolute atomic E-state index is 14.1. The van der Waals surface area contributed by atoms with Crippen LogP contribution in [0.25, 0.3) is 0 Å². The Morgan fingerprint density at radius 2 is 1.19 bits per heavy atom. The molecule has 3 rings (SSSR count). The molecule has 0 bridgehead atoms. The van der Waals surface area contributed by atoms with Gasteiger partial charge in [0.15, 0.2) is 0 Å². The molecule has 314 valence electrons. The molecule has 6 amide bonds. The number of hydrogen-bond donors (Lipinski definition) is 7. The van der Waals surface area contributed by atoms with E-state index in [4.69, 9.17) is 5.73 Å². The van der Waals surface area contributed by atoms with Crippen molar-refractivity contribution in [2.45, 2.75) is 141 Å². The summed E-state index contributed by atoms with van der Waals surface area (Å²) in [5.74, 6) is -3.81. The second-order valence-electron chi connectivity index (χ2n) is 15.5. The number of nitrogens with one attached hydrogen (secondary N) is 5. The highest BCUT2D eigenvalue weighted by atomic mass is 16.3. The standard InChI is InChI=1S/C43H65N7O7/c1-6-50(28(2)3)25-17-16-24-34(41(55)49-37(30(5)51)38(44)52)46-43(57)36(27-32-20-12-8-13-21-32)47-39(53)29(4)45-42(56)35(26-31-18-10-7-11-19-31)48-40(54)33-22-14-9-15-23-33/h7-8,10-13,18-21,28-30,33-37,51H,6,9,14-17,22-27H2,1-5H3,(H2,44,52)(H,45,56)(H,46,57)(H,47,53)(H,48,54)(H,49,55)/t29-,30+,34-,35?,36?,37?/m0/s1. The van der Waals surface area contributed by atoms with Gasteiger partial charge in [-0.3, -0.25) is 28.8 Å². The van der Waals surface area contributed by atoms with Gasteiger partial charge in [-0.05, 0) is 84.0 Å². The van der Waals surface area contributed by atoms with E-state index in [0.717, 1.165) is 62.7 Å². The van der Waals surface area contributed by atoms with Gasteiger partial charge in [-0.1, -0.05) is 86.8 Å². The minimum absolute atomic E-state index is 0.0684. The molecule has 1 fully saturated rings. The number of unbranched alkanes of at least 4 members (excludes halogenated alkanes) is 1. The Labute approximate surface area is 337 Å². The number of amides is 6. The normalized spacial score (nSPS) is 16.4. The van der Waals surface area contributed by atoms with E-state index >= 15 is 0 Å². The fourth-order valence-corrected chi connectivity index (χ4v) is 7.12. The summed E-state index contributed by atoms with van der Waals surface area (Å²) in [6.07, 6.45) is 5.04. The van der Waals surface area contributed by atoms with Crippen LogP contribution in [0.2, 0.25) is 0 Å². The van der Waals surface area contributed by atoms with Crippen LogP contribution >= 0.6 is 0 Å². The summed E-state index contributed by atoms with van der Waals surface area (Å²) in [5.41, 5.74) is 7.03. The molecule has 0 radical (unpaired) electrons. The Bertz CT molecular complexity index is 1580. The molecule has 2 aromatic carbocycles. The first-order valence-corrected chi connectivity index (χ1v) is 20.5. The number of aliphatic hydroxyl groups is 1. The average Bonchev–Trinajstić information content (AvgIpc) is 3.19. The zero-order chi connectivity index (χ0) is 41.9. The van der Waals surface area contributed by atoms with Gasteiger partial charge >= 0.3 is 0 Å². The summed E-state index contributed by atoms with van der Waals surface area (Å²) in [5, 5.41) is 23.8. The van der Waals surface area contributed by atoms with E-state index < -0.39 is 65.8 Å². The molecule has 1 aliphatic carbocycles. The number of carbonyl (C=O) groups is 6. The summed E-state index contributed by atoms with van der Waals surface area (Å²) in [4.78, 5) is 82.7. The lowest BCUT2D eigenvalue weighted by atomic mass is 9.88. The number of benzene rings is 2. The minimum Gasteiger partial charge on any atom is -0.391 e. The van der Waals surface area contributed by atoms with Gasteiger partial charge in [0.25, 0.3) is 0 Å². The van der Waals surface area contributed by atoms with Gasteiger partial charge in [0.05, 0.1) is 6.10 Å². The third-order valence-corrected chi connectivity index (χ3v) is 10.6. The molecular weight excluding hydrogens is 727 g/mol. The van der Waals surface area contributed by atoms with Crippen LogP contribution in [0.4, 0.5) is 0 Å². The Balaban J connectivity index is 1.79. The number of nitrogens with zero attached hydrogens (tertiary/aromatic N) is 1. The first-order valence-electron chi connectivity index (χ1n) is 20.5. The lowest BCUT2D eigenvalue weighted by molar-refractivity contribution is -0.135. The Morgan fingerprint density at radius 3 is 1.70 bits per heavy atom. The molecule has 8 N–H and O–H groups in total. The van der Waals surface area contributed by atoms with Crippen molar-refractivity contribution in [1.29, 1.82) is 0 Å². The minimum atomic E-state index is -1.38. The van der Waals surface area contributed by atoms with Gasteiger partial charge in [0, 0.05) is 24.8 Å². The van der Waals surface area contributed by atoms with Crippen LogP contribution in [0.5, 0.6) is 0 Å². The van der Waals surface area contributed by atoms with Crippen LogP contribution in [0, 0.1) is 5.92 Å². The van der Waals surface area contributed by atoms with Crippen molar-refractivity contribution in [3.8, 4) is 0 Å². The molecule has 0 saturated heterocycles. The van der Waals surface area contributed by atoms with E-state index in [1.54, 1.807) is 24.3 Å². The molecule has 0 spiro atoms. The third kappa shape index (κ3) is 15.9. The third-order valence-electron chi connectivity index (χ3n) is 10.6. The van der Waals surface area contributed by atoms with Gasteiger partial charge in [-0.15, -0.1) is 0 Å². The fraction of sp³-hybridized carbons (Fsp3) is 0.581. The highest BCUT2D eigenvalue weighted by molar-refractivity contribution is 5.96. The van der Waals surface area contributed by atoms with Gasteiger partial charge in [0.2, 0.25) is 35.4 Å². The van der Waals surface area contributed by atoms with E-state index in [1.807, 2.05) is 36.4 Å². The van der Waals surface area contributed by atoms with Crippen molar-refractivity contribution in [3.63, 3.8) is 0 Å². The van der Waals surface area contributed by atoms with Crippen molar-refractivity contribution < 1.29 is 33.9 Å². The number of rotatable bonds is 23. The Hall–Kier alpha value is -4.82. The highest BCUT2D eigenvalue weighted by Crippen LogP contribution is 2.24. The summed E-state index contributed by atoms with van der Waals surface area (Å²) < 4.78 is 0. The summed E-state index contributed by atoms with van der Waals surface area (Å²) in [6, 6.07) is 13.0. The fourth-order valence-electron chi connectivity index (χ4n) is 7.12. The molecule has 14 nitrogen and oxygen atoms in total. The number of hydrogen-bond acceptors (Lipinski definition) is 8. The van der Waals surface area contributed by atoms with Crippen molar-refractivity contribution in [2.24, 2.45) is 11.7 Å². The molecule has 57 heavy (non-hydrogen) atoms. The Morgan fingerprint density at radius 1 is 0.684 bits per heavy atom. The molecule has 0 aliphatic heterocycles. The topological polar surface area (TPSA) is 212 Å². The van der Waals surface area contributed by atoms with Crippen LogP contribution < -0.4 is 32.3 Å². The van der Waals surface area contributed by atoms with E-state index in [1.165, 1.54) is 13.8 Å². The van der Waals surface area contributed by atoms with E-state index in [0.29, 0.717) is 12.5 Å². The van der Waals surface area contributed by atoms with Crippen LogP contribution in [0.3, 0.4) is 0 Å². The molecule has 0 heterocycles. The van der Waals surface area contributed by atoms with Crippen molar-refractivity contribution >= 4 is 35.4 Å². The van der Waals surface area contributed by atoms with Crippen LogP contribution in [-0.2, 0) is 41.6 Å². The summed E-state index contributed by atoms with van der Waals surface area (Å²) >= 11 is 0. The van der Waals surface area contributed by atoms with E-state index in [-0.39, 0.29) is 31.1 Å². The molecule has 2 aromatic rings. The van der Waals surface area contributed by atoms with Crippen LogP contribution in [0.15, 0.2) is 60.7 Å². The molecule has 0 aromatic heterocycles. The molecule has 1 aliphatic rings. The predicted octanol–water partition coefficient (Wildman–Crippen LogP) is 2.26. The Kier molecular flexibility index (Phi) is 19.7. The van der Waals surface area contributed by atoms with Crippen molar-refractivity contribution in [3.05, 3.63) is 71.8 Å². The maximum atomic E-state index is 14.1. The molecule has 14 heteroatoms. The monoisotopic (exact) mass is 791 g/mol. The second-order valence-corrected chi connectivity index (χ2v) is 15.5. The van der Waals surface area contributed by atoms with E-state index in [9.17, 15) is 33.9 Å². The average molecular weight is 792 g/mol. The highest BCUT2D eigenvalue weighted by Gasteiger charge is 2.33. The summed E-state index contributed by atoms with van der Waals surface area (Å²) in [6.45, 7) is 10.7. The van der Waals surface area contributed by atoms with Gasteiger partial charge in [-0.2, -0.15) is 0 Å². The van der Waals surface area contributed by atoms with Gasteiger partial charge in [-0.25, -0.2) is 0 Å². The smallest absolute Gasteiger partial charge is 0.243 e. The van der Waals surface area contributed by atoms with Gasteiger partial charge < -0.3 is 42.3 Å². The second kappa shape index (κ2) is 24.1. The number of carbonyl (C=O) groups excluding carboxylic acids is 6. The van der Waals surface area contributed by atoms with Crippen LogP contribution in [-0.4, -0.2) is 101 Å². The zero-order valence-corrected chi connectivity index (χ0v) is 34.3. The van der Waals surface area contributed by atoms with Crippen molar-refractivity contribution in [1.82, 2.24) is 31.5 Å². The lowest BCUT2D eigenvalue weighted by Crippen LogP contribution is -2.60. The molecule has 3 unspecified atom stereocenters. The first-order chi connectivity index (χ1) is 27.2. The van der Waals surface area contributed by atoms with E-state index in [2.05, 4.69) is 52.3 Å². The maximum Gasteiger partial charge on any atom is 0.243 e. The number of primary amides is 1. The zero-order valence-electron chi connectivity index (χ0n) is 34.3. The molecule has 1 saturated carbocycles. The van der Waals surface area contributed by atoms with Gasteiger partial charge in [0.1, 0.15) is 30.2 Å². The molecule has 6 atom stereocenters. The first kappa shape index (κ1) is 46.6. The number of aliphatic hydroxyl groups excluding tert-OH is 1. The SMILES string of the molecule is CCN(CCCC[C@H](NC(=O)C(Cc1ccccc1)NC(=O)[C@H](C)NC(=O)C(Cc1ccccc1)NC(=O)C1CCCCC1)C(=O)NC(C(N)=O)[C@@H](C)O)C(C)C.